The molecule has 1 aromatic carbocycles. The summed E-state index contributed by atoms with van der Waals surface area (Å²) in [6, 6.07) is 5.45. The number of methoxy groups -OCH3 is 1. The highest BCUT2D eigenvalue weighted by Crippen LogP contribution is 2.38. The van der Waals surface area contributed by atoms with E-state index in [2.05, 4.69) is 37.7 Å². The third kappa shape index (κ3) is 3.88. The smallest absolute Gasteiger partial charge is 0.329 e. The highest BCUT2D eigenvalue weighted by molar-refractivity contribution is 5.79. The molecule has 1 aliphatic rings. The Bertz CT molecular complexity index is 933. The van der Waals surface area contributed by atoms with Crippen LogP contribution in [0.1, 0.15) is 46.1 Å². The van der Waals surface area contributed by atoms with Crippen molar-refractivity contribution in [1.29, 1.82) is 0 Å². The minimum atomic E-state index is -0.355. The Morgan fingerprint density at radius 1 is 1.25 bits per heavy atom. The zero-order valence-electron chi connectivity index (χ0n) is 17.7. The number of benzene rings is 1. The van der Waals surface area contributed by atoms with Crippen LogP contribution in [0.15, 0.2) is 27.8 Å². The van der Waals surface area contributed by atoms with Gasteiger partial charge in [-0.15, -0.1) is 0 Å². The Kier molecular flexibility index (Phi) is 6.28. The van der Waals surface area contributed by atoms with E-state index in [0.29, 0.717) is 34.4 Å². The average Bonchev–Trinajstić information content (AvgIpc) is 2.67. The van der Waals surface area contributed by atoms with Gasteiger partial charge >= 0.3 is 5.69 Å². The zero-order chi connectivity index (χ0) is 20.4. The summed E-state index contributed by atoms with van der Waals surface area (Å²) in [5.74, 6) is 1.78. The maximum Gasteiger partial charge on any atom is 0.329 e. The minimum Gasteiger partial charge on any atom is -0.497 e. The summed E-state index contributed by atoms with van der Waals surface area (Å²) in [4.78, 5) is 30.4. The Morgan fingerprint density at radius 2 is 2.00 bits per heavy atom. The van der Waals surface area contributed by atoms with Crippen LogP contribution in [0.3, 0.4) is 0 Å². The number of hydrogen-bond acceptors (Lipinski definition) is 4. The van der Waals surface area contributed by atoms with Crippen molar-refractivity contribution in [3.05, 3.63) is 39.0 Å². The summed E-state index contributed by atoms with van der Waals surface area (Å²) in [6.07, 6.45) is 3.29. The van der Waals surface area contributed by atoms with E-state index < -0.39 is 0 Å². The molecule has 2 aromatic rings. The molecular formula is C22H33N3O3. The zero-order valence-corrected chi connectivity index (χ0v) is 17.7. The van der Waals surface area contributed by atoms with Crippen LogP contribution in [0.5, 0.6) is 5.75 Å². The number of rotatable bonds is 4. The number of nitrogens with one attached hydrogen (secondary N) is 1. The number of fused-ring (bicyclic) bond motifs is 1. The molecule has 1 saturated heterocycles. The fraction of sp³-hybridized carbons (Fsp3) is 0.636. The van der Waals surface area contributed by atoms with Gasteiger partial charge in [-0.25, -0.2) is 4.79 Å². The third-order valence-electron chi connectivity index (χ3n) is 6.48. The molecule has 4 unspecified atom stereocenters. The van der Waals surface area contributed by atoms with Crippen molar-refractivity contribution in [2.75, 3.05) is 27.2 Å². The van der Waals surface area contributed by atoms with Gasteiger partial charge < -0.3 is 9.64 Å². The Labute approximate surface area is 166 Å². The third-order valence-corrected chi connectivity index (χ3v) is 6.48. The number of hydrogen-bond donors (Lipinski definition) is 1. The lowest BCUT2D eigenvalue weighted by Gasteiger charge is -2.41. The lowest BCUT2D eigenvalue weighted by Crippen LogP contribution is -2.44. The second kappa shape index (κ2) is 8.52. The highest BCUT2D eigenvalue weighted by atomic mass is 16.5. The van der Waals surface area contributed by atoms with E-state index in [1.807, 2.05) is 16.7 Å². The first-order chi connectivity index (χ1) is 13.4. The van der Waals surface area contributed by atoms with Gasteiger partial charge in [0, 0.05) is 12.6 Å². The summed E-state index contributed by atoms with van der Waals surface area (Å²) in [7, 11) is 3.77. The predicted molar refractivity (Wildman–Crippen MR) is 113 cm³/mol. The van der Waals surface area contributed by atoms with Crippen molar-refractivity contribution in [2.45, 2.75) is 46.1 Å². The van der Waals surface area contributed by atoms with E-state index in [0.717, 1.165) is 32.4 Å². The maximum absolute atomic E-state index is 13.0. The van der Waals surface area contributed by atoms with Crippen LogP contribution in [-0.2, 0) is 0 Å². The first-order valence-electron chi connectivity index (χ1n) is 10.4. The second-order valence-corrected chi connectivity index (χ2v) is 8.44. The van der Waals surface area contributed by atoms with Crippen molar-refractivity contribution >= 4 is 10.9 Å². The summed E-state index contributed by atoms with van der Waals surface area (Å²) in [6.45, 7) is 8.79. The predicted octanol–water partition coefficient (Wildman–Crippen LogP) is 3.26. The van der Waals surface area contributed by atoms with Crippen LogP contribution in [0.2, 0.25) is 0 Å². The molecule has 3 rings (SSSR count). The largest absolute Gasteiger partial charge is 0.497 e. The number of H-pyrrole nitrogens is 1. The molecule has 0 amide bonds. The fourth-order valence-electron chi connectivity index (χ4n) is 4.93. The van der Waals surface area contributed by atoms with Crippen molar-refractivity contribution in [3.63, 3.8) is 0 Å². The number of aromatic amines is 1. The van der Waals surface area contributed by atoms with Gasteiger partial charge in [0.05, 0.1) is 18.0 Å². The molecule has 0 radical (unpaired) electrons. The van der Waals surface area contributed by atoms with Gasteiger partial charge in [-0.3, -0.25) is 14.3 Å². The summed E-state index contributed by atoms with van der Waals surface area (Å²) >= 11 is 0. The topological polar surface area (TPSA) is 67.3 Å². The molecule has 0 bridgehead atoms. The molecule has 6 heteroatoms. The summed E-state index contributed by atoms with van der Waals surface area (Å²) in [5, 5.41) is 0.504. The molecule has 154 valence electrons. The lowest BCUT2D eigenvalue weighted by atomic mass is 9.76. The maximum atomic E-state index is 13.0. The molecule has 1 fully saturated rings. The minimum absolute atomic E-state index is 0.0468. The van der Waals surface area contributed by atoms with Gasteiger partial charge in [-0.2, -0.15) is 0 Å². The standard InChI is InChI=1S/C22H33N3O3/c1-6-7-16-13-24(4)11-10-14(2)20(15(16)3)25-19-9-8-17(28-5)12-18(19)21(26)23-22(25)27/h8-9,12,14-16,20H,6-7,10-11,13H2,1-5H3,(H,23,26,27). The molecule has 0 spiro atoms. The quantitative estimate of drug-likeness (QED) is 0.874. The molecule has 28 heavy (non-hydrogen) atoms. The molecule has 1 aliphatic heterocycles. The van der Waals surface area contributed by atoms with Crippen molar-refractivity contribution in [1.82, 2.24) is 14.5 Å². The molecular weight excluding hydrogens is 354 g/mol. The summed E-state index contributed by atoms with van der Waals surface area (Å²) < 4.78 is 7.13. The van der Waals surface area contributed by atoms with Crippen molar-refractivity contribution in [2.24, 2.45) is 17.8 Å². The monoisotopic (exact) mass is 387 g/mol. The molecule has 0 saturated carbocycles. The van der Waals surface area contributed by atoms with Crippen LogP contribution in [0.4, 0.5) is 0 Å². The SMILES string of the molecule is CCCC1CN(C)CCC(C)C(n2c(=O)[nH]c(=O)c3cc(OC)ccc32)C1C. The van der Waals surface area contributed by atoms with E-state index >= 15 is 0 Å². The van der Waals surface area contributed by atoms with E-state index in [-0.39, 0.29) is 17.3 Å². The van der Waals surface area contributed by atoms with Crippen molar-refractivity contribution in [3.8, 4) is 5.75 Å². The van der Waals surface area contributed by atoms with Crippen LogP contribution in [0.25, 0.3) is 10.9 Å². The van der Waals surface area contributed by atoms with E-state index in [1.54, 1.807) is 13.2 Å². The van der Waals surface area contributed by atoms with Crippen LogP contribution in [-0.4, -0.2) is 41.7 Å². The van der Waals surface area contributed by atoms with Crippen LogP contribution >= 0.6 is 0 Å². The van der Waals surface area contributed by atoms with Crippen molar-refractivity contribution < 1.29 is 4.74 Å². The number of likely N-dealkylation sites (tertiary alicyclic amines) is 1. The molecule has 4 atom stereocenters. The van der Waals surface area contributed by atoms with E-state index in [9.17, 15) is 9.59 Å². The van der Waals surface area contributed by atoms with Gasteiger partial charge in [0.25, 0.3) is 5.56 Å². The molecule has 0 aliphatic carbocycles. The first kappa shape index (κ1) is 20.6. The Morgan fingerprint density at radius 3 is 2.68 bits per heavy atom. The normalized spacial score (nSPS) is 26.8. The fourth-order valence-corrected chi connectivity index (χ4v) is 4.93. The Hall–Kier alpha value is -2.08. The second-order valence-electron chi connectivity index (χ2n) is 8.44. The highest BCUT2D eigenvalue weighted by Gasteiger charge is 2.35. The Balaban J connectivity index is 2.19. The van der Waals surface area contributed by atoms with Crippen LogP contribution in [0, 0.1) is 17.8 Å². The molecule has 2 heterocycles. The van der Waals surface area contributed by atoms with Gasteiger partial charge in [0.1, 0.15) is 5.75 Å². The first-order valence-corrected chi connectivity index (χ1v) is 10.4. The van der Waals surface area contributed by atoms with Gasteiger partial charge in [-0.1, -0.05) is 27.2 Å². The molecule has 1 aromatic heterocycles. The van der Waals surface area contributed by atoms with E-state index in [4.69, 9.17) is 4.74 Å². The number of aromatic nitrogens is 2. The van der Waals surface area contributed by atoms with Crippen LogP contribution < -0.4 is 16.0 Å². The molecule has 1 N–H and O–H groups in total. The lowest BCUT2D eigenvalue weighted by molar-refractivity contribution is 0.104. The molecule has 6 nitrogen and oxygen atoms in total. The van der Waals surface area contributed by atoms with Gasteiger partial charge in [0.2, 0.25) is 0 Å². The van der Waals surface area contributed by atoms with Gasteiger partial charge in [-0.05, 0) is 62.4 Å². The van der Waals surface area contributed by atoms with Gasteiger partial charge in [0.15, 0.2) is 0 Å². The number of nitrogens with zero attached hydrogens (tertiary/aromatic N) is 2. The van der Waals surface area contributed by atoms with E-state index in [1.165, 1.54) is 0 Å². The average molecular weight is 388 g/mol. The summed E-state index contributed by atoms with van der Waals surface area (Å²) in [5.41, 5.74) is 0.0316. The number of ether oxygens (including phenoxy) is 1.